The molecule has 0 spiro atoms. The molecular formula is C22H21F2N3O4S. The molecule has 3 aromatic rings. The average molecular weight is 461 g/mol. The fourth-order valence-corrected chi connectivity index (χ4v) is 4.88. The largest absolute Gasteiger partial charge is 0.434 e. The smallest absolute Gasteiger partial charge is 0.387 e. The van der Waals surface area contributed by atoms with Crippen molar-refractivity contribution in [2.45, 2.75) is 20.5 Å². The van der Waals surface area contributed by atoms with Gasteiger partial charge < -0.3 is 19.7 Å². The zero-order valence-corrected chi connectivity index (χ0v) is 18.3. The van der Waals surface area contributed by atoms with Crippen LogP contribution in [0.1, 0.15) is 31.3 Å². The van der Waals surface area contributed by atoms with Crippen molar-refractivity contribution in [1.82, 2.24) is 9.88 Å². The van der Waals surface area contributed by atoms with Gasteiger partial charge in [-0.05, 0) is 37.6 Å². The second-order valence-corrected chi connectivity index (χ2v) is 8.30. The van der Waals surface area contributed by atoms with E-state index in [4.69, 9.17) is 4.74 Å². The molecule has 1 N–H and O–H groups in total. The summed E-state index contributed by atoms with van der Waals surface area (Å²) in [6, 6.07) is 7.60. The number of fused-ring (bicyclic) bond motifs is 1. The van der Waals surface area contributed by atoms with Crippen LogP contribution in [0.25, 0.3) is 10.2 Å². The molecule has 10 heteroatoms. The first-order chi connectivity index (χ1) is 15.3. The summed E-state index contributed by atoms with van der Waals surface area (Å²) in [5.74, 6) is -1.14. The molecule has 2 amide bonds. The highest BCUT2D eigenvalue weighted by molar-refractivity contribution is 7.21. The quantitative estimate of drug-likeness (QED) is 0.615. The molecule has 1 saturated heterocycles. The Bertz CT molecular complexity index is 1180. The molecular weight excluding hydrogens is 440 g/mol. The van der Waals surface area contributed by atoms with Crippen LogP contribution in [0.2, 0.25) is 0 Å². The van der Waals surface area contributed by atoms with Gasteiger partial charge in [-0.2, -0.15) is 8.78 Å². The fourth-order valence-electron chi connectivity index (χ4n) is 3.66. The van der Waals surface area contributed by atoms with Crippen LogP contribution in [0.5, 0.6) is 5.75 Å². The highest BCUT2D eigenvalue weighted by Gasteiger charge is 2.28. The number of aromatic nitrogens is 1. The van der Waals surface area contributed by atoms with Crippen LogP contribution in [0.15, 0.2) is 30.3 Å². The van der Waals surface area contributed by atoms with Gasteiger partial charge in [0.25, 0.3) is 11.8 Å². The summed E-state index contributed by atoms with van der Waals surface area (Å²) >= 11 is 1.20. The predicted octanol–water partition coefficient (Wildman–Crippen LogP) is 4.24. The maximum absolute atomic E-state index is 13.3. The summed E-state index contributed by atoms with van der Waals surface area (Å²) < 4.78 is 35.4. The molecule has 0 bridgehead atoms. The number of halogens is 2. The van der Waals surface area contributed by atoms with Crippen molar-refractivity contribution in [1.29, 1.82) is 0 Å². The minimum absolute atomic E-state index is 0.0605. The lowest BCUT2D eigenvalue weighted by molar-refractivity contribution is -0.0501. The van der Waals surface area contributed by atoms with Crippen molar-refractivity contribution < 1.29 is 27.8 Å². The molecule has 1 aromatic carbocycles. The number of carbonyl (C=O) groups is 2. The highest BCUT2D eigenvalue weighted by atomic mass is 32.1. The molecule has 0 radical (unpaired) electrons. The van der Waals surface area contributed by atoms with Gasteiger partial charge in [-0.25, -0.2) is 4.98 Å². The van der Waals surface area contributed by atoms with Gasteiger partial charge in [0.05, 0.1) is 24.5 Å². The molecule has 1 aliphatic rings. The molecule has 2 aromatic heterocycles. The molecule has 0 saturated carbocycles. The number of benzene rings is 1. The predicted molar refractivity (Wildman–Crippen MR) is 117 cm³/mol. The van der Waals surface area contributed by atoms with Gasteiger partial charge in [0, 0.05) is 24.2 Å². The Labute approximate surface area is 186 Å². The Kier molecular flexibility index (Phi) is 6.33. The number of thiophene rings is 1. The van der Waals surface area contributed by atoms with Crippen LogP contribution in [-0.2, 0) is 4.74 Å². The van der Waals surface area contributed by atoms with Crippen LogP contribution in [0.3, 0.4) is 0 Å². The third-order valence-electron chi connectivity index (χ3n) is 5.07. The molecule has 1 fully saturated rings. The van der Waals surface area contributed by atoms with E-state index in [2.05, 4.69) is 15.0 Å². The van der Waals surface area contributed by atoms with E-state index >= 15 is 0 Å². The summed E-state index contributed by atoms with van der Waals surface area (Å²) in [6.45, 7) is 2.41. The molecule has 1 aliphatic heterocycles. The normalized spacial score (nSPS) is 14.1. The number of nitrogens with zero attached hydrogens (tertiary/aromatic N) is 2. The van der Waals surface area contributed by atoms with Gasteiger partial charge in [0.2, 0.25) is 0 Å². The van der Waals surface area contributed by atoms with E-state index in [0.717, 1.165) is 11.3 Å². The van der Waals surface area contributed by atoms with Gasteiger partial charge in [-0.1, -0.05) is 12.1 Å². The number of aryl methyl sites for hydroxylation is 2. The van der Waals surface area contributed by atoms with E-state index in [-0.39, 0.29) is 17.2 Å². The molecule has 32 heavy (non-hydrogen) atoms. The van der Waals surface area contributed by atoms with E-state index in [1.54, 1.807) is 11.0 Å². The van der Waals surface area contributed by atoms with E-state index in [0.29, 0.717) is 47.1 Å². The van der Waals surface area contributed by atoms with Crippen molar-refractivity contribution in [2.24, 2.45) is 0 Å². The number of morpholine rings is 1. The first kappa shape index (κ1) is 22.1. The highest BCUT2D eigenvalue weighted by Crippen LogP contribution is 2.38. The van der Waals surface area contributed by atoms with Gasteiger partial charge in [0.1, 0.15) is 15.5 Å². The Morgan fingerprint density at radius 3 is 2.66 bits per heavy atom. The Hall–Kier alpha value is -3.11. The fraction of sp³-hybridized carbons (Fsp3) is 0.318. The van der Waals surface area contributed by atoms with Crippen molar-refractivity contribution in [3.8, 4) is 5.75 Å². The summed E-state index contributed by atoms with van der Waals surface area (Å²) in [5, 5.41) is 3.42. The Morgan fingerprint density at radius 2 is 1.94 bits per heavy atom. The van der Waals surface area contributed by atoms with Crippen LogP contribution in [0, 0.1) is 13.8 Å². The van der Waals surface area contributed by atoms with E-state index in [1.807, 2.05) is 19.9 Å². The molecule has 3 heterocycles. The third-order valence-corrected chi connectivity index (χ3v) is 6.14. The van der Waals surface area contributed by atoms with Crippen molar-refractivity contribution >= 4 is 39.1 Å². The minimum atomic E-state index is -3.07. The standard InChI is InChI=1S/C22H21F2N3O4S/c1-12-11-13(2)25-20-16(12)17(18(32-20)21(29)27-7-9-30-10-8-27)26-19(28)14-5-3-4-6-15(14)31-22(23)24/h3-6,11,22H,7-10H2,1-2H3,(H,26,28). The molecule has 0 aliphatic carbocycles. The number of anilines is 1. The number of hydrogen-bond acceptors (Lipinski definition) is 6. The zero-order valence-electron chi connectivity index (χ0n) is 17.5. The molecule has 0 atom stereocenters. The van der Waals surface area contributed by atoms with Gasteiger partial charge in [-0.15, -0.1) is 11.3 Å². The van der Waals surface area contributed by atoms with Crippen molar-refractivity contribution in [2.75, 3.05) is 31.6 Å². The number of carbonyl (C=O) groups excluding carboxylic acids is 2. The van der Waals surface area contributed by atoms with Crippen LogP contribution >= 0.6 is 11.3 Å². The number of hydrogen-bond donors (Lipinski definition) is 1. The van der Waals surface area contributed by atoms with Gasteiger partial charge in [-0.3, -0.25) is 9.59 Å². The molecule has 168 valence electrons. The number of rotatable bonds is 5. The van der Waals surface area contributed by atoms with E-state index in [9.17, 15) is 18.4 Å². The molecule has 7 nitrogen and oxygen atoms in total. The summed E-state index contributed by atoms with van der Waals surface area (Å²) in [7, 11) is 0. The Morgan fingerprint density at radius 1 is 1.22 bits per heavy atom. The topological polar surface area (TPSA) is 80.8 Å². The number of para-hydroxylation sites is 1. The first-order valence-corrected chi connectivity index (χ1v) is 10.8. The lowest BCUT2D eigenvalue weighted by Crippen LogP contribution is -2.40. The maximum atomic E-state index is 13.3. The van der Waals surface area contributed by atoms with E-state index in [1.165, 1.54) is 29.5 Å². The van der Waals surface area contributed by atoms with Crippen molar-refractivity contribution in [3.63, 3.8) is 0 Å². The van der Waals surface area contributed by atoms with E-state index < -0.39 is 12.5 Å². The SMILES string of the molecule is Cc1cc(C)c2c(NC(=O)c3ccccc3OC(F)F)c(C(=O)N3CCOCC3)sc2n1. The monoisotopic (exact) mass is 461 g/mol. The van der Waals surface area contributed by atoms with Crippen LogP contribution in [0.4, 0.5) is 14.5 Å². The number of ether oxygens (including phenoxy) is 2. The number of pyridine rings is 1. The number of nitrogens with one attached hydrogen (secondary N) is 1. The molecule has 0 unspecified atom stereocenters. The minimum Gasteiger partial charge on any atom is -0.434 e. The third kappa shape index (κ3) is 4.42. The summed E-state index contributed by atoms with van der Waals surface area (Å²) in [5.41, 5.74) is 1.89. The van der Waals surface area contributed by atoms with Gasteiger partial charge >= 0.3 is 6.61 Å². The zero-order chi connectivity index (χ0) is 22.8. The number of alkyl halides is 2. The summed E-state index contributed by atoms with van der Waals surface area (Å²) in [6.07, 6.45) is 0. The lowest BCUT2D eigenvalue weighted by atomic mass is 10.1. The van der Waals surface area contributed by atoms with Crippen LogP contribution < -0.4 is 10.1 Å². The van der Waals surface area contributed by atoms with Crippen molar-refractivity contribution in [3.05, 3.63) is 52.0 Å². The maximum Gasteiger partial charge on any atom is 0.387 e. The number of amides is 2. The van der Waals surface area contributed by atoms with Gasteiger partial charge in [0.15, 0.2) is 0 Å². The Balaban J connectivity index is 1.77. The summed E-state index contributed by atoms with van der Waals surface area (Å²) in [4.78, 5) is 33.5. The average Bonchev–Trinajstić information content (AvgIpc) is 3.11. The van der Waals surface area contributed by atoms with Crippen LogP contribution in [-0.4, -0.2) is 54.6 Å². The second kappa shape index (κ2) is 9.17. The molecule has 4 rings (SSSR count). The lowest BCUT2D eigenvalue weighted by Gasteiger charge is -2.26. The first-order valence-electron chi connectivity index (χ1n) is 9.98. The second-order valence-electron chi connectivity index (χ2n) is 7.30.